The number of anilines is 2. The number of carbonyl (C=O) groups excluding carboxylic acids is 1. The van der Waals surface area contributed by atoms with Crippen LogP contribution in [0.25, 0.3) is 10.1 Å². The predicted octanol–water partition coefficient (Wildman–Crippen LogP) is 5.68. The van der Waals surface area contributed by atoms with Crippen LogP contribution < -0.4 is 10.2 Å². The van der Waals surface area contributed by atoms with E-state index in [4.69, 9.17) is 4.37 Å². The molecule has 168 valence electrons. The van der Waals surface area contributed by atoms with Crippen molar-refractivity contribution in [1.82, 2.24) is 9.27 Å². The number of nitrogens with one attached hydrogen (secondary N) is 1. The maximum absolute atomic E-state index is 12.8. The third kappa shape index (κ3) is 4.95. The summed E-state index contributed by atoms with van der Waals surface area (Å²) in [6.07, 6.45) is 0.895. The van der Waals surface area contributed by atoms with Crippen LogP contribution in [0.4, 0.5) is 11.5 Å². The van der Waals surface area contributed by atoms with Crippen molar-refractivity contribution in [2.24, 2.45) is 0 Å². The van der Waals surface area contributed by atoms with E-state index in [1.807, 2.05) is 42.5 Å². The molecule has 0 spiro atoms. The highest BCUT2D eigenvalue weighted by atomic mass is 79.9. The van der Waals surface area contributed by atoms with Gasteiger partial charge in [-0.15, -0.1) is 0 Å². The van der Waals surface area contributed by atoms with Gasteiger partial charge in [-0.2, -0.15) is 4.37 Å². The number of nitrogens with zero attached hydrogens (tertiary/aromatic N) is 3. The summed E-state index contributed by atoms with van der Waals surface area (Å²) < 4.78 is 6.76. The number of hydrogen-bond donors (Lipinski definition) is 1. The first-order valence-electron chi connectivity index (χ1n) is 11.1. The van der Waals surface area contributed by atoms with Crippen LogP contribution in [-0.4, -0.2) is 47.9 Å². The molecule has 1 aliphatic rings. The minimum Gasteiger partial charge on any atom is -0.353 e. The summed E-state index contributed by atoms with van der Waals surface area (Å²) in [4.78, 5) is 17.7. The number of carbonyl (C=O) groups is 1. The molecule has 0 saturated carbocycles. The Bertz CT molecular complexity index is 1270. The lowest BCUT2D eigenvalue weighted by Gasteiger charge is -2.35. The number of aromatic nitrogens is 1. The fourth-order valence-corrected chi connectivity index (χ4v) is 5.52. The molecule has 0 atom stereocenters. The molecule has 0 unspecified atom stereocenters. The predicted molar refractivity (Wildman–Crippen MR) is 141 cm³/mol. The first kappa shape index (κ1) is 22.1. The zero-order valence-electron chi connectivity index (χ0n) is 18.2. The lowest BCUT2D eigenvalue weighted by atomic mass is 10.1. The van der Waals surface area contributed by atoms with Crippen LogP contribution in [-0.2, 0) is 6.42 Å². The van der Waals surface area contributed by atoms with Crippen LogP contribution in [0.3, 0.4) is 0 Å². The lowest BCUT2D eigenvalue weighted by Crippen LogP contribution is -2.47. The summed E-state index contributed by atoms with van der Waals surface area (Å²) in [6.45, 7) is 4.95. The summed E-state index contributed by atoms with van der Waals surface area (Å²) in [5.41, 5.74) is 2.68. The Kier molecular flexibility index (Phi) is 6.71. The number of benzene rings is 3. The highest BCUT2D eigenvalue weighted by Gasteiger charge is 2.21. The molecule has 0 aliphatic carbocycles. The van der Waals surface area contributed by atoms with Crippen LogP contribution >= 0.6 is 27.5 Å². The molecule has 7 heteroatoms. The zero-order valence-corrected chi connectivity index (χ0v) is 20.6. The third-order valence-electron chi connectivity index (χ3n) is 6.11. The average Bonchev–Trinajstić information content (AvgIpc) is 3.28. The lowest BCUT2D eigenvalue weighted by molar-refractivity contribution is 0.102. The molecule has 5 rings (SSSR count). The number of hydrogen-bond acceptors (Lipinski definition) is 5. The normalized spacial score (nSPS) is 14.5. The molecule has 2 heterocycles. The van der Waals surface area contributed by atoms with Gasteiger partial charge in [-0.25, -0.2) is 0 Å². The van der Waals surface area contributed by atoms with Gasteiger partial charge in [0.25, 0.3) is 5.91 Å². The fourth-order valence-electron chi connectivity index (χ4n) is 4.26. The largest absolute Gasteiger partial charge is 0.353 e. The summed E-state index contributed by atoms with van der Waals surface area (Å²) >= 11 is 5.05. The van der Waals surface area contributed by atoms with E-state index in [9.17, 15) is 4.79 Å². The number of piperazine rings is 1. The van der Waals surface area contributed by atoms with Gasteiger partial charge >= 0.3 is 0 Å². The number of amides is 1. The highest BCUT2D eigenvalue weighted by Crippen LogP contribution is 2.30. The number of para-hydroxylation sites is 1. The van der Waals surface area contributed by atoms with Crippen molar-refractivity contribution in [3.05, 3.63) is 88.4 Å². The molecule has 1 fully saturated rings. The van der Waals surface area contributed by atoms with Crippen LogP contribution in [0.1, 0.15) is 15.9 Å². The van der Waals surface area contributed by atoms with Crippen molar-refractivity contribution < 1.29 is 4.79 Å². The van der Waals surface area contributed by atoms with Gasteiger partial charge in [-0.05, 0) is 69.8 Å². The summed E-state index contributed by atoms with van der Waals surface area (Å²) in [7, 11) is 0. The summed E-state index contributed by atoms with van der Waals surface area (Å²) in [6, 6.07) is 24.0. The molecule has 1 saturated heterocycles. The summed E-state index contributed by atoms with van der Waals surface area (Å²) in [5, 5.41) is 4.35. The van der Waals surface area contributed by atoms with E-state index < -0.39 is 0 Å². The third-order valence-corrected chi connectivity index (χ3v) is 7.62. The molecular weight excluding hydrogens is 496 g/mol. The van der Waals surface area contributed by atoms with Crippen molar-refractivity contribution in [2.75, 3.05) is 42.9 Å². The quantitative estimate of drug-likeness (QED) is 0.355. The van der Waals surface area contributed by atoms with Gasteiger partial charge in [0.2, 0.25) is 0 Å². The van der Waals surface area contributed by atoms with Crippen molar-refractivity contribution in [1.29, 1.82) is 0 Å². The molecule has 1 aromatic heterocycles. The minimum atomic E-state index is -0.0981. The Morgan fingerprint density at radius 3 is 2.52 bits per heavy atom. The van der Waals surface area contributed by atoms with E-state index in [2.05, 4.69) is 61.4 Å². The first-order valence-corrected chi connectivity index (χ1v) is 12.7. The van der Waals surface area contributed by atoms with Gasteiger partial charge in [0.15, 0.2) is 0 Å². The van der Waals surface area contributed by atoms with Crippen molar-refractivity contribution in [3.63, 3.8) is 0 Å². The Morgan fingerprint density at radius 1 is 0.939 bits per heavy atom. The van der Waals surface area contributed by atoms with E-state index in [0.29, 0.717) is 5.56 Å². The van der Waals surface area contributed by atoms with E-state index in [0.717, 1.165) is 60.7 Å². The molecular formula is C26H25BrN4OS. The molecule has 3 aromatic carbocycles. The van der Waals surface area contributed by atoms with Crippen molar-refractivity contribution >= 4 is 55.0 Å². The second kappa shape index (κ2) is 10.0. The average molecular weight is 521 g/mol. The maximum atomic E-state index is 12.8. The second-order valence-corrected chi connectivity index (χ2v) is 9.83. The Morgan fingerprint density at radius 2 is 1.67 bits per heavy atom. The smallest absolute Gasteiger partial charge is 0.256 e. The maximum Gasteiger partial charge on any atom is 0.256 e. The molecule has 5 nitrogen and oxygen atoms in total. The minimum absolute atomic E-state index is 0.0981. The first-order chi connectivity index (χ1) is 16.2. The highest BCUT2D eigenvalue weighted by molar-refractivity contribution is 9.10. The Hall–Kier alpha value is -2.74. The van der Waals surface area contributed by atoms with Crippen LogP contribution in [0, 0.1) is 0 Å². The van der Waals surface area contributed by atoms with E-state index in [1.165, 1.54) is 10.1 Å². The van der Waals surface area contributed by atoms with Gasteiger partial charge in [0.1, 0.15) is 5.82 Å². The standard InChI is InChI=1S/C26H25BrN4OS/c27-22-10-4-2-8-20(22)26(32)28-23-11-5-1-7-19(23)13-14-30-15-17-31(18-16-30)25-21-9-3-6-12-24(21)33-29-25/h1-12H,13-18H2,(H,28,32). The monoisotopic (exact) mass is 520 g/mol. The van der Waals surface area contributed by atoms with Gasteiger partial charge in [0, 0.05) is 48.3 Å². The Labute approximate surface area is 206 Å². The number of halogens is 1. The van der Waals surface area contributed by atoms with Gasteiger partial charge < -0.3 is 10.2 Å². The van der Waals surface area contributed by atoms with E-state index in [1.54, 1.807) is 11.5 Å². The van der Waals surface area contributed by atoms with Gasteiger partial charge in [0.05, 0.1) is 10.3 Å². The molecule has 0 bridgehead atoms. The van der Waals surface area contributed by atoms with Crippen LogP contribution in [0.5, 0.6) is 0 Å². The molecule has 33 heavy (non-hydrogen) atoms. The SMILES string of the molecule is O=C(Nc1ccccc1CCN1CCN(c2nsc3ccccc23)CC1)c1ccccc1Br. The van der Waals surface area contributed by atoms with Crippen LogP contribution in [0.15, 0.2) is 77.3 Å². The molecule has 0 radical (unpaired) electrons. The van der Waals surface area contributed by atoms with Crippen LogP contribution in [0.2, 0.25) is 0 Å². The van der Waals surface area contributed by atoms with Gasteiger partial charge in [-0.3, -0.25) is 9.69 Å². The number of fused-ring (bicyclic) bond motifs is 1. The molecule has 1 N–H and O–H groups in total. The molecule has 4 aromatic rings. The zero-order chi connectivity index (χ0) is 22.6. The van der Waals surface area contributed by atoms with Crippen molar-refractivity contribution in [2.45, 2.75) is 6.42 Å². The van der Waals surface area contributed by atoms with E-state index in [-0.39, 0.29) is 5.91 Å². The molecule has 1 amide bonds. The fraction of sp³-hybridized carbons (Fsp3) is 0.231. The number of rotatable bonds is 6. The second-order valence-electron chi connectivity index (χ2n) is 8.17. The van der Waals surface area contributed by atoms with Crippen molar-refractivity contribution in [3.8, 4) is 0 Å². The summed E-state index contributed by atoms with van der Waals surface area (Å²) in [5.74, 6) is 1.02. The topological polar surface area (TPSA) is 48.5 Å². The van der Waals surface area contributed by atoms with E-state index >= 15 is 0 Å². The molecule has 1 aliphatic heterocycles. The Balaban J connectivity index is 1.19. The van der Waals surface area contributed by atoms with Gasteiger partial charge in [-0.1, -0.05) is 42.5 Å².